The third-order valence-corrected chi connectivity index (χ3v) is 5.46. The second-order valence-corrected chi connectivity index (χ2v) is 7.42. The molecule has 0 heterocycles. The molecule has 2 atom stereocenters. The quantitative estimate of drug-likeness (QED) is 0.773. The summed E-state index contributed by atoms with van der Waals surface area (Å²) in [7, 11) is -3.33. The highest BCUT2D eigenvalue weighted by Gasteiger charge is 2.28. The SMILES string of the molecule is CCC(C)(CCN)NS(=O)(=O)CC(C)c1ccccc1. The number of nitrogens with one attached hydrogen (secondary N) is 1. The van der Waals surface area contributed by atoms with Crippen molar-refractivity contribution in [3.63, 3.8) is 0 Å². The van der Waals surface area contributed by atoms with Crippen LogP contribution in [0, 0.1) is 0 Å². The number of benzene rings is 1. The highest BCUT2D eigenvalue weighted by Crippen LogP contribution is 2.20. The topological polar surface area (TPSA) is 72.2 Å². The van der Waals surface area contributed by atoms with E-state index in [2.05, 4.69) is 4.72 Å². The van der Waals surface area contributed by atoms with Crippen molar-refractivity contribution in [3.8, 4) is 0 Å². The van der Waals surface area contributed by atoms with Gasteiger partial charge in [0.15, 0.2) is 0 Å². The van der Waals surface area contributed by atoms with Crippen molar-refractivity contribution in [2.75, 3.05) is 12.3 Å². The van der Waals surface area contributed by atoms with Gasteiger partial charge >= 0.3 is 0 Å². The van der Waals surface area contributed by atoms with E-state index < -0.39 is 15.6 Å². The van der Waals surface area contributed by atoms with E-state index in [4.69, 9.17) is 5.73 Å². The van der Waals surface area contributed by atoms with E-state index >= 15 is 0 Å². The first kappa shape index (κ1) is 17.1. The summed E-state index contributed by atoms with van der Waals surface area (Å²) in [6, 6.07) is 9.70. The van der Waals surface area contributed by atoms with E-state index in [1.54, 1.807) is 0 Å². The van der Waals surface area contributed by atoms with Crippen LogP contribution in [0.5, 0.6) is 0 Å². The van der Waals surface area contributed by atoms with Crippen LogP contribution < -0.4 is 10.5 Å². The molecule has 0 aliphatic heterocycles. The zero-order valence-electron chi connectivity index (χ0n) is 12.6. The first-order valence-electron chi connectivity index (χ1n) is 7.08. The Morgan fingerprint density at radius 3 is 2.40 bits per heavy atom. The molecular weight excluding hydrogens is 272 g/mol. The molecule has 0 bridgehead atoms. The van der Waals surface area contributed by atoms with Crippen molar-refractivity contribution >= 4 is 10.0 Å². The van der Waals surface area contributed by atoms with Gasteiger partial charge in [0.05, 0.1) is 5.75 Å². The number of hydrogen-bond donors (Lipinski definition) is 2. The number of nitrogens with two attached hydrogens (primary N) is 1. The monoisotopic (exact) mass is 298 g/mol. The van der Waals surface area contributed by atoms with Crippen molar-refractivity contribution in [2.45, 2.75) is 45.1 Å². The summed E-state index contributed by atoms with van der Waals surface area (Å²) < 4.78 is 27.4. The normalized spacial score (nSPS) is 16.6. The van der Waals surface area contributed by atoms with E-state index in [0.717, 1.165) is 12.0 Å². The lowest BCUT2D eigenvalue weighted by Gasteiger charge is -2.29. The van der Waals surface area contributed by atoms with Gasteiger partial charge in [0.1, 0.15) is 0 Å². The Kier molecular flexibility index (Phi) is 6.17. The summed E-state index contributed by atoms with van der Waals surface area (Å²) in [5.74, 6) is 0.0599. The van der Waals surface area contributed by atoms with Crippen LogP contribution in [-0.2, 0) is 10.0 Å². The minimum absolute atomic E-state index is 0.0346. The number of hydrogen-bond acceptors (Lipinski definition) is 3. The van der Waals surface area contributed by atoms with E-state index in [0.29, 0.717) is 13.0 Å². The van der Waals surface area contributed by atoms with Gasteiger partial charge in [-0.3, -0.25) is 0 Å². The first-order valence-corrected chi connectivity index (χ1v) is 8.74. The van der Waals surface area contributed by atoms with E-state index in [1.165, 1.54) is 0 Å². The highest BCUT2D eigenvalue weighted by atomic mass is 32.2. The molecule has 0 aliphatic carbocycles. The Morgan fingerprint density at radius 2 is 1.90 bits per heavy atom. The molecule has 0 aromatic heterocycles. The molecule has 20 heavy (non-hydrogen) atoms. The standard InChI is InChI=1S/C15H26N2O2S/c1-4-15(3,10-11-16)17-20(18,19)12-13(2)14-8-6-5-7-9-14/h5-9,13,17H,4,10-12,16H2,1-3H3. The Morgan fingerprint density at radius 1 is 1.30 bits per heavy atom. The Labute approximate surface area is 122 Å². The molecule has 5 heteroatoms. The molecule has 0 amide bonds. The van der Waals surface area contributed by atoms with Crippen LogP contribution in [0.4, 0.5) is 0 Å². The van der Waals surface area contributed by atoms with Crippen LogP contribution in [-0.4, -0.2) is 26.3 Å². The van der Waals surface area contributed by atoms with Gasteiger partial charge in [-0.2, -0.15) is 0 Å². The molecule has 1 aromatic carbocycles. The number of sulfonamides is 1. The van der Waals surface area contributed by atoms with Gasteiger partial charge in [-0.15, -0.1) is 0 Å². The molecule has 4 nitrogen and oxygen atoms in total. The molecule has 2 unspecified atom stereocenters. The van der Waals surface area contributed by atoms with Crippen LogP contribution in [0.25, 0.3) is 0 Å². The Hall–Kier alpha value is -0.910. The van der Waals surface area contributed by atoms with Crippen molar-refractivity contribution in [1.82, 2.24) is 4.72 Å². The fourth-order valence-electron chi connectivity index (χ4n) is 2.24. The van der Waals surface area contributed by atoms with Crippen LogP contribution in [0.15, 0.2) is 30.3 Å². The maximum absolute atomic E-state index is 12.3. The minimum Gasteiger partial charge on any atom is -0.330 e. The molecule has 0 saturated carbocycles. The van der Waals surface area contributed by atoms with E-state index in [9.17, 15) is 8.42 Å². The van der Waals surface area contributed by atoms with Gasteiger partial charge < -0.3 is 5.73 Å². The average molecular weight is 298 g/mol. The number of rotatable bonds is 8. The lowest BCUT2D eigenvalue weighted by atomic mass is 9.96. The molecule has 0 radical (unpaired) electrons. The second-order valence-electron chi connectivity index (χ2n) is 5.65. The summed E-state index contributed by atoms with van der Waals surface area (Å²) in [6.07, 6.45) is 1.37. The van der Waals surface area contributed by atoms with Crippen LogP contribution in [0.1, 0.15) is 45.1 Å². The predicted octanol–water partition coefficient (Wildman–Crippen LogP) is 2.23. The summed E-state index contributed by atoms with van der Waals surface area (Å²) >= 11 is 0. The second kappa shape index (κ2) is 7.20. The smallest absolute Gasteiger partial charge is 0.212 e. The maximum Gasteiger partial charge on any atom is 0.212 e. The zero-order chi connectivity index (χ0) is 15.2. The molecule has 1 aromatic rings. The van der Waals surface area contributed by atoms with E-state index in [1.807, 2.05) is 51.1 Å². The fraction of sp³-hybridized carbons (Fsp3) is 0.600. The van der Waals surface area contributed by atoms with Gasteiger partial charge in [0, 0.05) is 5.54 Å². The third-order valence-electron chi connectivity index (χ3n) is 3.72. The zero-order valence-corrected chi connectivity index (χ0v) is 13.4. The van der Waals surface area contributed by atoms with Crippen molar-refractivity contribution in [3.05, 3.63) is 35.9 Å². The van der Waals surface area contributed by atoms with Gasteiger partial charge in [-0.05, 0) is 37.8 Å². The summed E-state index contributed by atoms with van der Waals surface area (Å²) in [5, 5.41) is 0. The van der Waals surface area contributed by atoms with Crippen molar-refractivity contribution in [2.24, 2.45) is 5.73 Å². The highest BCUT2D eigenvalue weighted by molar-refractivity contribution is 7.89. The molecular formula is C15H26N2O2S. The van der Waals surface area contributed by atoms with E-state index in [-0.39, 0.29) is 11.7 Å². The molecule has 114 valence electrons. The van der Waals surface area contributed by atoms with Gasteiger partial charge in [0.25, 0.3) is 0 Å². The van der Waals surface area contributed by atoms with Gasteiger partial charge in [-0.1, -0.05) is 44.2 Å². The first-order chi connectivity index (χ1) is 9.32. The molecule has 0 aliphatic rings. The summed E-state index contributed by atoms with van der Waals surface area (Å²) in [4.78, 5) is 0. The van der Waals surface area contributed by atoms with Crippen molar-refractivity contribution < 1.29 is 8.42 Å². The third kappa shape index (κ3) is 5.23. The summed E-state index contributed by atoms with van der Waals surface area (Å²) in [6.45, 7) is 6.28. The molecule has 1 rings (SSSR count). The minimum atomic E-state index is -3.33. The van der Waals surface area contributed by atoms with Crippen LogP contribution >= 0.6 is 0 Å². The fourth-order valence-corrected chi connectivity index (χ4v) is 4.17. The average Bonchev–Trinajstić information content (AvgIpc) is 2.38. The maximum atomic E-state index is 12.3. The van der Waals surface area contributed by atoms with Gasteiger partial charge in [0.2, 0.25) is 10.0 Å². The lowest BCUT2D eigenvalue weighted by Crippen LogP contribution is -2.48. The van der Waals surface area contributed by atoms with Crippen LogP contribution in [0.2, 0.25) is 0 Å². The predicted molar refractivity (Wildman–Crippen MR) is 84.1 cm³/mol. The van der Waals surface area contributed by atoms with Gasteiger partial charge in [-0.25, -0.2) is 13.1 Å². The molecule has 3 N–H and O–H groups in total. The Bertz CT molecular complexity index is 502. The molecule has 0 fully saturated rings. The van der Waals surface area contributed by atoms with Crippen LogP contribution in [0.3, 0.4) is 0 Å². The molecule has 0 spiro atoms. The molecule has 0 saturated heterocycles. The van der Waals surface area contributed by atoms with Crippen molar-refractivity contribution in [1.29, 1.82) is 0 Å². The lowest BCUT2D eigenvalue weighted by molar-refractivity contribution is 0.378. The Balaban J connectivity index is 2.75. The largest absolute Gasteiger partial charge is 0.330 e. The summed E-state index contributed by atoms with van der Waals surface area (Å²) in [5.41, 5.74) is 6.15.